The minimum absolute atomic E-state index is 0.125. The van der Waals surface area contributed by atoms with Gasteiger partial charge in [0.15, 0.2) is 16.7 Å². The quantitative estimate of drug-likeness (QED) is 0.829. The Morgan fingerprint density at radius 3 is 2.46 bits per heavy atom. The molecule has 1 fully saturated rings. The van der Waals surface area contributed by atoms with Crippen molar-refractivity contribution in [3.63, 3.8) is 0 Å². The summed E-state index contributed by atoms with van der Waals surface area (Å²) in [5.74, 6) is 1.51. The van der Waals surface area contributed by atoms with Crippen molar-refractivity contribution in [3.8, 4) is 17.2 Å². The summed E-state index contributed by atoms with van der Waals surface area (Å²) in [5, 5.41) is 3.44. The molecule has 0 aliphatic carbocycles. The van der Waals surface area contributed by atoms with E-state index < -0.39 is 5.92 Å². The predicted octanol–water partition coefficient (Wildman–Crippen LogP) is 1.28. The van der Waals surface area contributed by atoms with Crippen LogP contribution in [0.3, 0.4) is 0 Å². The lowest BCUT2D eigenvalue weighted by Gasteiger charge is -2.20. The maximum atomic E-state index is 12.5. The van der Waals surface area contributed by atoms with Crippen LogP contribution >= 0.6 is 11.8 Å². The van der Waals surface area contributed by atoms with Crippen molar-refractivity contribution in [2.75, 3.05) is 45.1 Å². The SMILES string of the molecule is COc1cc(N2C[C@H](C(=O)NC3=NCCS3)CC2=O)cc(OC)c1OC. The molecule has 0 bridgehead atoms. The number of nitrogens with one attached hydrogen (secondary N) is 1. The van der Waals surface area contributed by atoms with E-state index in [-0.39, 0.29) is 18.2 Å². The van der Waals surface area contributed by atoms with Crippen LogP contribution in [0.15, 0.2) is 17.1 Å². The summed E-state index contributed by atoms with van der Waals surface area (Å²) in [5.41, 5.74) is 0.604. The number of amidine groups is 1. The van der Waals surface area contributed by atoms with E-state index >= 15 is 0 Å². The summed E-state index contributed by atoms with van der Waals surface area (Å²) in [6, 6.07) is 3.41. The molecule has 3 rings (SSSR count). The van der Waals surface area contributed by atoms with E-state index in [0.29, 0.717) is 41.2 Å². The second kappa shape index (κ2) is 7.86. The summed E-state index contributed by atoms with van der Waals surface area (Å²) in [4.78, 5) is 30.7. The summed E-state index contributed by atoms with van der Waals surface area (Å²) < 4.78 is 16.0. The molecule has 2 amide bonds. The number of amides is 2. The number of anilines is 1. The second-order valence-corrected chi connectivity index (χ2v) is 6.90. The molecule has 2 aliphatic heterocycles. The molecule has 0 radical (unpaired) electrons. The number of methoxy groups -OCH3 is 3. The molecule has 1 aromatic rings. The highest BCUT2D eigenvalue weighted by Crippen LogP contribution is 2.42. The number of nitrogens with zero attached hydrogens (tertiary/aromatic N) is 2. The molecule has 2 aliphatic rings. The minimum atomic E-state index is -0.425. The van der Waals surface area contributed by atoms with Gasteiger partial charge in [-0.25, -0.2) is 0 Å². The van der Waals surface area contributed by atoms with E-state index in [1.165, 1.54) is 33.1 Å². The Balaban J connectivity index is 1.79. The van der Waals surface area contributed by atoms with Crippen LogP contribution in [0.1, 0.15) is 6.42 Å². The molecule has 2 heterocycles. The normalized spacial score (nSPS) is 19.3. The van der Waals surface area contributed by atoms with Crippen molar-refractivity contribution in [1.29, 1.82) is 0 Å². The topological polar surface area (TPSA) is 89.5 Å². The summed E-state index contributed by atoms with van der Waals surface area (Å²) in [6.45, 7) is 1.00. The van der Waals surface area contributed by atoms with Crippen LogP contribution < -0.4 is 24.4 Å². The second-order valence-electron chi connectivity index (χ2n) is 5.81. The molecule has 0 aromatic heterocycles. The van der Waals surface area contributed by atoms with Gasteiger partial charge in [-0.3, -0.25) is 14.6 Å². The zero-order chi connectivity index (χ0) is 18.7. The fourth-order valence-corrected chi connectivity index (χ4v) is 3.71. The third-order valence-corrected chi connectivity index (χ3v) is 5.16. The summed E-state index contributed by atoms with van der Waals surface area (Å²) in [7, 11) is 4.55. The Bertz CT molecular complexity index is 727. The maximum absolute atomic E-state index is 12.5. The number of rotatable bonds is 5. The monoisotopic (exact) mass is 379 g/mol. The van der Waals surface area contributed by atoms with Gasteiger partial charge in [0.2, 0.25) is 17.6 Å². The Kier molecular flexibility index (Phi) is 5.55. The summed E-state index contributed by atoms with van der Waals surface area (Å²) in [6.07, 6.45) is 0.153. The Hall–Kier alpha value is -2.42. The zero-order valence-electron chi connectivity index (χ0n) is 14.9. The maximum Gasteiger partial charge on any atom is 0.231 e. The number of ether oxygens (including phenoxy) is 3. The lowest BCUT2D eigenvalue weighted by atomic mass is 10.1. The first kappa shape index (κ1) is 18.4. The first-order valence-corrected chi connectivity index (χ1v) is 9.14. The lowest BCUT2D eigenvalue weighted by molar-refractivity contribution is -0.125. The van der Waals surface area contributed by atoms with Crippen LogP contribution in [0.25, 0.3) is 0 Å². The minimum Gasteiger partial charge on any atom is -0.493 e. The molecule has 1 aromatic carbocycles. The molecule has 8 nitrogen and oxygen atoms in total. The average Bonchev–Trinajstić information content (AvgIpc) is 3.29. The molecule has 0 unspecified atom stereocenters. The van der Waals surface area contributed by atoms with Crippen LogP contribution in [-0.4, -0.2) is 57.2 Å². The first-order valence-electron chi connectivity index (χ1n) is 8.15. The molecule has 9 heteroatoms. The Labute approximate surface area is 155 Å². The number of carbonyl (C=O) groups excluding carboxylic acids is 2. The molecule has 1 saturated heterocycles. The number of aliphatic imine (C=N–C) groups is 1. The van der Waals surface area contributed by atoms with Crippen molar-refractivity contribution in [2.24, 2.45) is 10.9 Å². The van der Waals surface area contributed by atoms with E-state index in [1.807, 2.05) is 0 Å². The van der Waals surface area contributed by atoms with Crippen LogP contribution in [0.5, 0.6) is 17.2 Å². The fraction of sp³-hybridized carbons (Fsp3) is 0.471. The number of benzene rings is 1. The first-order chi connectivity index (χ1) is 12.6. The van der Waals surface area contributed by atoms with Gasteiger partial charge >= 0.3 is 0 Å². The highest BCUT2D eigenvalue weighted by Gasteiger charge is 2.36. The molecular weight excluding hydrogens is 358 g/mol. The zero-order valence-corrected chi connectivity index (χ0v) is 15.7. The highest BCUT2D eigenvalue weighted by molar-refractivity contribution is 8.14. The van der Waals surface area contributed by atoms with Crippen molar-refractivity contribution >= 4 is 34.4 Å². The van der Waals surface area contributed by atoms with Crippen molar-refractivity contribution in [2.45, 2.75) is 6.42 Å². The van der Waals surface area contributed by atoms with Crippen molar-refractivity contribution in [1.82, 2.24) is 5.32 Å². The van der Waals surface area contributed by atoms with Gasteiger partial charge in [-0.05, 0) is 0 Å². The summed E-state index contributed by atoms with van der Waals surface area (Å²) >= 11 is 1.51. The van der Waals surface area contributed by atoms with Crippen LogP contribution in [0.4, 0.5) is 5.69 Å². The molecule has 1 N–H and O–H groups in total. The van der Waals surface area contributed by atoms with Gasteiger partial charge in [-0.2, -0.15) is 0 Å². The van der Waals surface area contributed by atoms with E-state index in [9.17, 15) is 9.59 Å². The van der Waals surface area contributed by atoms with E-state index in [1.54, 1.807) is 17.0 Å². The van der Waals surface area contributed by atoms with Crippen LogP contribution in [0, 0.1) is 5.92 Å². The van der Waals surface area contributed by atoms with Crippen LogP contribution in [0.2, 0.25) is 0 Å². The average molecular weight is 379 g/mol. The van der Waals surface area contributed by atoms with Crippen LogP contribution in [-0.2, 0) is 9.59 Å². The van der Waals surface area contributed by atoms with Crippen molar-refractivity contribution < 1.29 is 23.8 Å². The van der Waals surface area contributed by atoms with Gasteiger partial charge in [-0.15, -0.1) is 0 Å². The lowest BCUT2D eigenvalue weighted by Crippen LogP contribution is -2.35. The van der Waals surface area contributed by atoms with Gasteiger partial charge in [0, 0.05) is 30.9 Å². The number of thioether (sulfide) groups is 1. The third-order valence-electron chi connectivity index (χ3n) is 4.27. The van der Waals surface area contributed by atoms with Gasteiger partial charge < -0.3 is 24.4 Å². The van der Waals surface area contributed by atoms with Gasteiger partial charge in [-0.1, -0.05) is 11.8 Å². The van der Waals surface area contributed by atoms with Crippen molar-refractivity contribution in [3.05, 3.63) is 12.1 Å². The fourth-order valence-electron chi connectivity index (χ4n) is 2.97. The van der Waals surface area contributed by atoms with Gasteiger partial charge in [0.1, 0.15) is 0 Å². The smallest absolute Gasteiger partial charge is 0.231 e. The molecular formula is C17H21N3O5S. The third kappa shape index (κ3) is 3.57. The van der Waals surface area contributed by atoms with E-state index in [2.05, 4.69) is 10.3 Å². The molecule has 26 heavy (non-hydrogen) atoms. The van der Waals surface area contributed by atoms with Gasteiger partial charge in [0.25, 0.3) is 0 Å². The van der Waals surface area contributed by atoms with E-state index in [0.717, 1.165) is 5.75 Å². The van der Waals surface area contributed by atoms with E-state index in [4.69, 9.17) is 14.2 Å². The standard InChI is InChI=1S/C17H21N3O5S/c1-23-12-7-11(8-13(24-2)15(12)25-3)20-9-10(6-14(20)21)16(22)19-17-18-4-5-26-17/h7-8,10H,4-6,9H2,1-3H3,(H,18,19,22)/t10-/m1/s1. The predicted molar refractivity (Wildman–Crippen MR) is 99.5 cm³/mol. The number of carbonyl (C=O) groups is 2. The Morgan fingerprint density at radius 2 is 1.92 bits per heavy atom. The highest BCUT2D eigenvalue weighted by atomic mass is 32.2. The number of hydrogen-bond acceptors (Lipinski definition) is 7. The largest absolute Gasteiger partial charge is 0.493 e. The van der Waals surface area contributed by atoms with Gasteiger partial charge in [0.05, 0.1) is 39.5 Å². The molecule has 1 atom stereocenters. The molecule has 0 saturated carbocycles. The molecule has 0 spiro atoms. The Morgan fingerprint density at radius 1 is 1.23 bits per heavy atom. The molecule has 140 valence electrons. The number of hydrogen-bond donors (Lipinski definition) is 1.